The molecule has 2 atom stereocenters. The minimum absolute atomic E-state index is 0.663. The number of nitrogens with zero attached hydrogens (tertiary/aromatic N) is 1. The van der Waals surface area contributed by atoms with Gasteiger partial charge in [0.25, 0.3) is 0 Å². The van der Waals surface area contributed by atoms with Crippen LogP contribution in [-0.4, -0.2) is 43.7 Å². The number of rotatable bonds is 7. The summed E-state index contributed by atoms with van der Waals surface area (Å²) < 4.78 is 0. The summed E-state index contributed by atoms with van der Waals surface area (Å²) in [7, 11) is 0. The van der Waals surface area contributed by atoms with Gasteiger partial charge in [0, 0.05) is 32.2 Å². The quantitative estimate of drug-likeness (QED) is 0.730. The Kier molecular flexibility index (Phi) is 7.20. The lowest BCUT2D eigenvalue weighted by molar-refractivity contribution is 0.118. The SMILES string of the molecule is CC(C)CCNC1CC(C(C)C)CN(CCN)C1. The van der Waals surface area contributed by atoms with Crippen LogP contribution in [0.25, 0.3) is 0 Å². The van der Waals surface area contributed by atoms with Gasteiger partial charge in [0.1, 0.15) is 0 Å². The van der Waals surface area contributed by atoms with Gasteiger partial charge in [-0.25, -0.2) is 0 Å². The van der Waals surface area contributed by atoms with Crippen molar-refractivity contribution >= 4 is 0 Å². The van der Waals surface area contributed by atoms with E-state index in [1.165, 1.54) is 25.9 Å². The molecule has 0 bridgehead atoms. The molecule has 0 radical (unpaired) electrons. The minimum atomic E-state index is 0.663. The van der Waals surface area contributed by atoms with E-state index in [2.05, 4.69) is 37.9 Å². The number of hydrogen-bond acceptors (Lipinski definition) is 3. The second kappa shape index (κ2) is 8.13. The van der Waals surface area contributed by atoms with Crippen LogP contribution in [0.5, 0.6) is 0 Å². The Morgan fingerprint density at radius 3 is 2.50 bits per heavy atom. The molecule has 1 aliphatic heterocycles. The smallest absolute Gasteiger partial charge is 0.0198 e. The number of nitrogens with two attached hydrogens (primary N) is 1. The van der Waals surface area contributed by atoms with E-state index in [1.807, 2.05) is 0 Å². The molecule has 1 aliphatic rings. The Morgan fingerprint density at radius 2 is 1.94 bits per heavy atom. The van der Waals surface area contributed by atoms with Crippen LogP contribution < -0.4 is 11.1 Å². The highest BCUT2D eigenvalue weighted by atomic mass is 15.2. The van der Waals surface area contributed by atoms with E-state index < -0.39 is 0 Å². The molecule has 0 spiro atoms. The van der Waals surface area contributed by atoms with E-state index in [1.54, 1.807) is 0 Å². The molecule has 0 aliphatic carbocycles. The van der Waals surface area contributed by atoms with Crippen molar-refractivity contribution in [3.63, 3.8) is 0 Å². The average Bonchev–Trinajstić information content (AvgIpc) is 2.28. The van der Waals surface area contributed by atoms with Crippen LogP contribution in [0, 0.1) is 17.8 Å². The van der Waals surface area contributed by atoms with E-state index in [0.29, 0.717) is 6.04 Å². The molecule has 0 aromatic rings. The monoisotopic (exact) mass is 255 g/mol. The fourth-order valence-corrected chi connectivity index (χ4v) is 2.80. The van der Waals surface area contributed by atoms with E-state index in [9.17, 15) is 0 Å². The van der Waals surface area contributed by atoms with Crippen molar-refractivity contribution < 1.29 is 0 Å². The van der Waals surface area contributed by atoms with Gasteiger partial charge in [0.2, 0.25) is 0 Å². The second-order valence-electron chi connectivity index (χ2n) is 6.62. The standard InChI is InChI=1S/C15H33N3/c1-12(2)5-7-17-15-9-14(13(3)4)10-18(11-15)8-6-16/h12-15,17H,5-11,16H2,1-4H3. The van der Waals surface area contributed by atoms with Crippen LogP contribution in [0.1, 0.15) is 40.5 Å². The van der Waals surface area contributed by atoms with Gasteiger partial charge in [0.05, 0.1) is 0 Å². The minimum Gasteiger partial charge on any atom is -0.329 e. The summed E-state index contributed by atoms with van der Waals surface area (Å²) in [6.07, 6.45) is 2.61. The van der Waals surface area contributed by atoms with E-state index in [4.69, 9.17) is 5.73 Å². The van der Waals surface area contributed by atoms with Crippen molar-refractivity contribution in [2.24, 2.45) is 23.5 Å². The van der Waals surface area contributed by atoms with Crippen LogP contribution >= 0.6 is 0 Å². The van der Waals surface area contributed by atoms with Gasteiger partial charge in [-0.2, -0.15) is 0 Å². The molecule has 3 N–H and O–H groups in total. The fourth-order valence-electron chi connectivity index (χ4n) is 2.80. The van der Waals surface area contributed by atoms with Crippen LogP contribution in [0.2, 0.25) is 0 Å². The lowest BCUT2D eigenvalue weighted by Gasteiger charge is -2.40. The third-order valence-electron chi connectivity index (χ3n) is 4.10. The first-order valence-electron chi connectivity index (χ1n) is 7.68. The molecule has 0 aromatic heterocycles. The molecule has 0 saturated carbocycles. The van der Waals surface area contributed by atoms with Crippen molar-refractivity contribution in [1.29, 1.82) is 0 Å². The predicted octanol–water partition coefficient (Wildman–Crippen LogP) is 1.93. The van der Waals surface area contributed by atoms with Gasteiger partial charge in [0.15, 0.2) is 0 Å². The van der Waals surface area contributed by atoms with Gasteiger partial charge >= 0.3 is 0 Å². The molecule has 1 rings (SSSR count). The molecule has 1 fully saturated rings. The van der Waals surface area contributed by atoms with E-state index in [-0.39, 0.29) is 0 Å². The first-order valence-corrected chi connectivity index (χ1v) is 7.68. The van der Waals surface area contributed by atoms with Gasteiger partial charge in [-0.15, -0.1) is 0 Å². The molecule has 2 unspecified atom stereocenters. The number of nitrogens with one attached hydrogen (secondary N) is 1. The number of likely N-dealkylation sites (tertiary alicyclic amines) is 1. The van der Waals surface area contributed by atoms with Crippen molar-refractivity contribution in [1.82, 2.24) is 10.2 Å². The zero-order chi connectivity index (χ0) is 13.5. The van der Waals surface area contributed by atoms with Gasteiger partial charge in [-0.3, -0.25) is 0 Å². The maximum Gasteiger partial charge on any atom is 0.0198 e. The second-order valence-corrected chi connectivity index (χ2v) is 6.62. The predicted molar refractivity (Wildman–Crippen MR) is 79.7 cm³/mol. The molecule has 108 valence electrons. The van der Waals surface area contributed by atoms with Crippen LogP contribution in [0.15, 0.2) is 0 Å². The number of hydrogen-bond donors (Lipinski definition) is 2. The van der Waals surface area contributed by atoms with Gasteiger partial charge < -0.3 is 16.0 Å². The first-order chi connectivity index (χ1) is 8.52. The normalized spacial score (nSPS) is 26.2. The summed E-state index contributed by atoms with van der Waals surface area (Å²) in [4.78, 5) is 2.54. The van der Waals surface area contributed by atoms with Crippen LogP contribution in [0.4, 0.5) is 0 Å². The average molecular weight is 255 g/mol. The Balaban J connectivity index is 2.40. The van der Waals surface area contributed by atoms with E-state index >= 15 is 0 Å². The summed E-state index contributed by atoms with van der Waals surface area (Å²) >= 11 is 0. The largest absolute Gasteiger partial charge is 0.329 e. The topological polar surface area (TPSA) is 41.3 Å². The van der Waals surface area contributed by atoms with E-state index in [0.717, 1.165) is 37.4 Å². The summed E-state index contributed by atoms with van der Waals surface area (Å²) in [6.45, 7) is 14.7. The lowest BCUT2D eigenvalue weighted by Crippen LogP contribution is -2.51. The van der Waals surface area contributed by atoms with Crippen molar-refractivity contribution in [3.05, 3.63) is 0 Å². The molecule has 1 heterocycles. The molecule has 1 saturated heterocycles. The van der Waals surface area contributed by atoms with Crippen LogP contribution in [-0.2, 0) is 0 Å². The highest BCUT2D eigenvalue weighted by Gasteiger charge is 2.28. The molecule has 0 amide bonds. The molecule has 3 nitrogen and oxygen atoms in total. The van der Waals surface area contributed by atoms with Gasteiger partial charge in [-0.1, -0.05) is 27.7 Å². The lowest BCUT2D eigenvalue weighted by atomic mass is 9.85. The highest BCUT2D eigenvalue weighted by molar-refractivity contribution is 4.85. The van der Waals surface area contributed by atoms with Crippen molar-refractivity contribution in [3.8, 4) is 0 Å². The molecular formula is C15H33N3. The zero-order valence-corrected chi connectivity index (χ0v) is 12.8. The fraction of sp³-hybridized carbons (Fsp3) is 1.00. The molecule has 3 heteroatoms. The van der Waals surface area contributed by atoms with Crippen molar-refractivity contribution in [2.45, 2.75) is 46.6 Å². The number of piperidine rings is 1. The summed E-state index contributed by atoms with van der Waals surface area (Å²) in [5.41, 5.74) is 5.70. The summed E-state index contributed by atoms with van der Waals surface area (Å²) in [5, 5.41) is 3.74. The Bertz CT molecular complexity index is 216. The maximum absolute atomic E-state index is 5.70. The van der Waals surface area contributed by atoms with Crippen LogP contribution in [0.3, 0.4) is 0 Å². The highest BCUT2D eigenvalue weighted by Crippen LogP contribution is 2.23. The Hall–Kier alpha value is -0.120. The molecule has 0 aromatic carbocycles. The third kappa shape index (κ3) is 5.68. The van der Waals surface area contributed by atoms with Crippen molar-refractivity contribution in [2.75, 3.05) is 32.7 Å². The Morgan fingerprint density at radius 1 is 1.22 bits per heavy atom. The maximum atomic E-state index is 5.70. The molecular weight excluding hydrogens is 222 g/mol. The molecule has 18 heavy (non-hydrogen) atoms. The Labute approximate surface area is 113 Å². The third-order valence-corrected chi connectivity index (χ3v) is 4.10. The van der Waals surface area contributed by atoms with Gasteiger partial charge in [-0.05, 0) is 37.1 Å². The summed E-state index contributed by atoms with van der Waals surface area (Å²) in [6, 6.07) is 0.663. The zero-order valence-electron chi connectivity index (χ0n) is 12.8. The first kappa shape index (κ1) is 15.9. The summed E-state index contributed by atoms with van der Waals surface area (Å²) in [5.74, 6) is 2.39.